The Morgan fingerprint density at radius 3 is 2.40 bits per heavy atom. The van der Waals surface area contributed by atoms with E-state index in [1.165, 1.54) is 0 Å². The van der Waals surface area contributed by atoms with E-state index < -0.39 is 0 Å². The molecule has 1 N–H and O–H groups in total. The largest absolute Gasteiger partial charge is 0.488 e. The highest BCUT2D eigenvalue weighted by Crippen LogP contribution is 2.25. The molecule has 1 atom stereocenters. The van der Waals surface area contributed by atoms with E-state index in [0.29, 0.717) is 6.42 Å². The van der Waals surface area contributed by atoms with Crippen LogP contribution in [0.2, 0.25) is 0 Å². The van der Waals surface area contributed by atoms with Crippen molar-refractivity contribution < 1.29 is 14.3 Å². The van der Waals surface area contributed by atoms with Gasteiger partial charge in [0.25, 0.3) is 5.24 Å². The summed E-state index contributed by atoms with van der Waals surface area (Å²) in [5.74, 6) is 0.618. The van der Waals surface area contributed by atoms with Crippen LogP contribution < -0.4 is 10.1 Å². The first-order valence-electron chi connectivity index (χ1n) is 6.69. The minimum Gasteiger partial charge on any atom is -0.488 e. The Hall–Kier alpha value is -1.49. The molecule has 1 saturated heterocycles. The summed E-state index contributed by atoms with van der Waals surface area (Å²) in [6.45, 7) is 6.18. The van der Waals surface area contributed by atoms with E-state index in [4.69, 9.17) is 4.74 Å². The van der Waals surface area contributed by atoms with Crippen LogP contribution in [-0.4, -0.2) is 22.0 Å². The topological polar surface area (TPSA) is 55.4 Å². The van der Waals surface area contributed by atoms with E-state index in [0.717, 1.165) is 29.5 Å². The fraction of sp³-hybridized carbons (Fsp3) is 0.467. The highest BCUT2D eigenvalue weighted by atomic mass is 32.2. The fourth-order valence-corrected chi connectivity index (χ4v) is 2.69. The third-order valence-corrected chi connectivity index (χ3v) is 4.34. The van der Waals surface area contributed by atoms with Gasteiger partial charge in [-0.05, 0) is 44.4 Å². The summed E-state index contributed by atoms with van der Waals surface area (Å²) in [6.07, 6.45) is 1.48. The van der Waals surface area contributed by atoms with Crippen molar-refractivity contribution in [2.45, 2.75) is 44.5 Å². The molecule has 108 valence electrons. The Morgan fingerprint density at radius 2 is 1.90 bits per heavy atom. The lowest BCUT2D eigenvalue weighted by molar-refractivity contribution is -0.118. The first kappa shape index (κ1) is 14.9. The van der Waals surface area contributed by atoms with Crippen LogP contribution in [0.3, 0.4) is 0 Å². The summed E-state index contributed by atoms with van der Waals surface area (Å²) in [5, 5.41) is 1.72. The Labute approximate surface area is 123 Å². The SMILES string of the molecule is CCC(C)(C)Oc1ccc(CC2SC(=O)NC2=O)cc1. The zero-order valence-corrected chi connectivity index (χ0v) is 12.8. The van der Waals surface area contributed by atoms with Gasteiger partial charge in [-0.2, -0.15) is 0 Å². The predicted molar refractivity (Wildman–Crippen MR) is 80.1 cm³/mol. The van der Waals surface area contributed by atoms with Gasteiger partial charge in [0.05, 0.1) is 5.25 Å². The van der Waals surface area contributed by atoms with Crippen molar-refractivity contribution in [1.29, 1.82) is 0 Å². The lowest BCUT2D eigenvalue weighted by Crippen LogP contribution is -2.26. The number of nitrogens with one attached hydrogen (secondary N) is 1. The molecule has 1 fully saturated rings. The van der Waals surface area contributed by atoms with Crippen LogP contribution >= 0.6 is 11.8 Å². The zero-order chi connectivity index (χ0) is 14.8. The Balaban J connectivity index is 1.98. The van der Waals surface area contributed by atoms with Gasteiger partial charge in [0.1, 0.15) is 11.4 Å². The quantitative estimate of drug-likeness (QED) is 0.906. The number of carbonyl (C=O) groups is 2. The Morgan fingerprint density at radius 1 is 1.25 bits per heavy atom. The molecule has 1 unspecified atom stereocenters. The van der Waals surface area contributed by atoms with Crippen LogP contribution in [0.25, 0.3) is 0 Å². The van der Waals surface area contributed by atoms with Gasteiger partial charge in [-0.3, -0.25) is 14.9 Å². The van der Waals surface area contributed by atoms with Crippen molar-refractivity contribution in [3.8, 4) is 5.75 Å². The molecule has 4 nitrogen and oxygen atoms in total. The maximum atomic E-state index is 11.5. The lowest BCUT2D eigenvalue weighted by atomic mass is 10.1. The van der Waals surface area contributed by atoms with Crippen molar-refractivity contribution in [1.82, 2.24) is 5.32 Å². The summed E-state index contributed by atoms with van der Waals surface area (Å²) >= 11 is 1.06. The number of ether oxygens (including phenoxy) is 1. The standard InChI is InChI=1S/C15H19NO3S/c1-4-15(2,3)19-11-7-5-10(6-8-11)9-12-13(17)16-14(18)20-12/h5-8,12H,4,9H2,1-3H3,(H,16,17,18). The first-order chi connectivity index (χ1) is 9.39. The number of benzene rings is 1. The van der Waals surface area contributed by atoms with Crippen molar-refractivity contribution in [2.24, 2.45) is 0 Å². The van der Waals surface area contributed by atoms with Gasteiger partial charge < -0.3 is 4.74 Å². The van der Waals surface area contributed by atoms with E-state index in [9.17, 15) is 9.59 Å². The number of amides is 2. The lowest BCUT2D eigenvalue weighted by Gasteiger charge is -2.25. The molecule has 2 rings (SSSR count). The van der Waals surface area contributed by atoms with Crippen LogP contribution in [0, 0.1) is 0 Å². The molecule has 1 aliphatic rings. The van der Waals surface area contributed by atoms with Crippen molar-refractivity contribution in [2.75, 3.05) is 0 Å². The molecule has 1 aliphatic heterocycles. The van der Waals surface area contributed by atoms with Crippen LogP contribution in [-0.2, 0) is 11.2 Å². The molecule has 0 saturated carbocycles. The Bertz CT molecular complexity index is 510. The molecule has 20 heavy (non-hydrogen) atoms. The second-order valence-electron chi connectivity index (χ2n) is 5.45. The second kappa shape index (κ2) is 5.87. The van der Waals surface area contributed by atoms with Crippen molar-refractivity contribution in [3.05, 3.63) is 29.8 Å². The van der Waals surface area contributed by atoms with E-state index >= 15 is 0 Å². The molecule has 0 radical (unpaired) electrons. The van der Waals surface area contributed by atoms with Gasteiger partial charge in [0.15, 0.2) is 0 Å². The Kier molecular flexibility index (Phi) is 4.38. The molecule has 0 aliphatic carbocycles. The third kappa shape index (κ3) is 3.76. The summed E-state index contributed by atoms with van der Waals surface area (Å²) in [5.41, 5.74) is 0.837. The van der Waals surface area contributed by atoms with Gasteiger partial charge in [-0.25, -0.2) is 0 Å². The normalized spacial score (nSPS) is 19.1. The molecule has 5 heteroatoms. The van der Waals surface area contributed by atoms with Crippen LogP contribution in [0.15, 0.2) is 24.3 Å². The summed E-state index contributed by atoms with van der Waals surface area (Å²) in [6, 6.07) is 7.70. The number of hydrogen-bond donors (Lipinski definition) is 1. The number of hydrogen-bond acceptors (Lipinski definition) is 4. The first-order valence-corrected chi connectivity index (χ1v) is 7.57. The van der Waals surface area contributed by atoms with Gasteiger partial charge in [0.2, 0.25) is 5.91 Å². The predicted octanol–water partition coefficient (Wildman–Crippen LogP) is 3.15. The van der Waals surface area contributed by atoms with Crippen LogP contribution in [0.5, 0.6) is 5.75 Å². The average molecular weight is 293 g/mol. The maximum Gasteiger partial charge on any atom is 0.286 e. The third-order valence-electron chi connectivity index (χ3n) is 3.36. The number of imide groups is 1. The van der Waals surface area contributed by atoms with Crippen molar-refractivity contribution in [3.63, 3.8) is 0 Å². The molecule has 0 bridgehead atoms. The van der Waals surface area contributed by atoms with Gasteiger partial charge in [-0.1, -0.05) is 30.8 Å². The monoisotopic (exact) mass is 293 g/mol. The highest BCUT2D eigenvalue weighted by Gasteiger charge is 2.31. The van der Waals surface area contributed by atoms with E-state index in [1.807, 2.05) is 38.1 Å². The second-order valence-corrected chi connectivity index (χ2v) is 6.62. The fourth-order valence-electron chi connectivity index (χ4n) is 1.83. The molecule has 2 amide bonds. The van der Waals surface area contributed by atoms with Crippen LogP contribution in [0.1, 0.15) is 32.8 Å². The molecule has 1 heterocycles. The van der Waals surface area contributed by atoms with Crippen LogP contribution in [0.4, 0.5) is 4.79 Å². The summed E-state index contributed by atoms with van der Waals surface area (Å²) in [7, 11) is 0. The number of carbonyl (C=O) groups excluding carboxylic acids is 2. The minimum atomic E-state index is -0.318. The van der Waals surface area contributed by atoms with Gasteiger partial charge in [0, 0.05) is 0 Å². The maximum absolute atomic E-state index is 11.5. The highest BCUT2D eigenvalue weighted by molar-refractivity contribution is 8.15. The minimum absolute atomic E-state index is 0.185. The number of thioether (sulfide) groups is 1. The summed E-state index contributed by atoms with van der Waals surface area (Å²) < 4.78 is 5.88. The molecular formula is C15H19NO3S. The van der Waals surface area contributed by atoms with E-state index in [1.54, 1.807) is 0 Å². The molecule has 1 aromatic carbocycles. The zero-order valence-electron chi connectivity index (χ0n) is 11.9. The number of rotatable bonds is 5. The average Bonchev–Trinajstić information content (AvgIpc) is 2.70. The molecule has 1 aromatic rings. The molecule has 0 aromatic heterocycles. The molecular weight excluding hydrogens is 274 g/mol. The van der Waals surface area contributed by atoms with E-state index in [2.05, 4.69) is 12.2 Å². The van der Waals surface area contributed by atoms with Gasteiger partial charge in [-0.15, -0.1) is 0 Å². The van der Waals surface area contributed by atoms with Gasteiger partial charge >= 0.3 is 0 Å². The molecule has 0 spiro atoms. The van der Waals surface area contributed by atoms with Crippen molar-refractivity contribution >= 4 is 22.9 Å². The van der Waals surface area contributed by atoms with E-state index in [-0.39, 0.29) is 22.0 Å². The smallest absolute Gasteiger partial charge is 0.286 e. The summed E-state index contributed by atoms with van der Waals surface area (Å²) in [4.78, 5) is 22.6.